The zero-order valence-corrected chi connectivity index (χ0v) is 8.92. The highest BCUT2D eigenvalue weighted by molar-refractivity contribution is 7.22. The Balaban J connectivity index is 2.22. The fraction of sp³-hybridized carbons (Fsp3) is 0. The van der Waals surface area contributed by atoms with Crippen LogP contribution in [0.25, 0.3) is 20.7 Å². The minimum absolute atomic E-state index is 0.229. The summed E-state index contributed by atoms with van der Waals surface area (Å²) in [6, 6.07) is 8.37. The van der Waals surface area contributed by atoms with E-state index in [0.717, 1.165) is 9.58 Å². The van der Waals surface area contributed by atoms with E-state index < -0.39 is 0 Å². The largest absolute Gasteiger partial charge is 0.381 e. The molecule has 0 saturated heterocycles. The van der Waals surface area contributed by atoms with E-state index in [2.05, 4.69) is 5.16 Å². The van der Waals surface area contributed by atoms with Gasteiger partial charge in [-0.15, -0.1) is 11.3 Å². The van der Waals surface area contributed by atoms with Gasteiger partial charge in [0, 0.05) is 16.2 Å². The van der Waals surface area contributed by atoms with Crippen LogP contribution in [0.1, 0.15) is 0 Å². The number of nitrogens with zero attached hydrogens (tertiary/aromatic N) is 1. The molecular formula is C11H7FN2OS. The van der Waals surface area contributed by atoms with Gasteiger partial charge in [-0.05, 0) is 18.2 Å². The number of anilines is 1. The fourth-order valence-corrected chi connectivity index (χ4v) is 2.58. The smallest absolute Gasteiger partial charge is 0.179 e. The molecule has 0 amide bonds. The number of hydrogen-bond acceptors (Lipinski definition) is 4. The second-order valence-corrected chi connectivity index (χ2v) is 4.46. The maximum atomic E-state index is 13.5. The van der Waals surface area contributed by atoms with E-state index in [1.54, 1.807) is 18.2 Å². The first-order chi connectivity index (χ1) is 7.74. The Morgan fingerprint density at radius 3 is 2.88 bits per heavy atom. The molecule has 0 bridgehead atoms. The molecule has 0 aliphatic rings. The number of halogens is 1. The molecule has 3 aromatic rings. The Bertz CT molecular complexity index is 659. The minimum atomic E-state index is -0.229. The third-order valence-electron chi connectivity index (χ3n) is 2.28. The average Bonchev–Trinajstić information content (AvgIpc) is 2.84. The zero-order valence-electron chi connectivity index (χ0n) is 8.11. The van der Waals surface area contributed by atoms with Crippen molar-refractivity contribution in [3.63, 3.8) is 0 Å². The number of aromatic nitrogens is 1. The van der Waals surface area contributed by atoms with E-state index in [0.29, 0.717) is 17.0 Å². The van der Waals surface area contributed by atoms with Crippen LogP contribution in [0.4, 0.5) is 10.2 Å². The van der Waals surface area contributed by atoms with Gasteiger partial charge in [-0.3, -0.25) is 0 Å². The molecule has 3 rings (SSSR count). The average molecular weight is 234 g/mol. The van der Waals surface area contributed by atoms with Crippen LogP contribution < -0.4 is 5.73 Å². The zero-order chi connectivity index (χ0) is 11.1. The summed E-state index contributed by atoms with van der Waals surface area (Å²) >= 11 is 1.45. The molecule has 5 heteroatoms. The van der Waals surface area contributed by atoms with Crippen molar-refractivity contribution >= 4 is 27.2 Å². The number of nitrogen functional groups attached to an aromatic ring is 1. The van der Waals surface area contributed by atoms with Gasteiger partial charge in [-0.1, -0.05) is 11.2 Å². The standard InChI is InChI=1S/C11H7FN2OS/c12-7-2-1-3-9-6(7)4-10(16-9)8-5-11(13)14-15-8/h1-5H,(H2,13,14). The highest BCUT2D eigenvalue weighted by Gasteiger charge is 2.11. The van der Waals surface area contributed by atoms with Gasteiger partial charge in [0.15, 0.2) is 11.6 Å². The van der Waals surface area contributed by atoms with Crippen molar-refractivity contribution in [2.45, 2.75) is 0 Å². The van der Waals surface area contributed by atoms with E-state index >= 15 is 0 Å². The van der Waals surface area contributed by atoms with Crippen molar-refractivity contribution in [1.29, 1.82) is 0 Å². The number of benzene rings is 1. The third-order valence-corrected chi connectivity index (χ3v) is 3.39. The maximum Gasteiger partial charge on any atom is 0.179 e. The van der Waals surface area contributed by atoms with Gasteiger partial charge in [-0.2, -0.15) is 0 Å². The second-order valence-electron chi connectivity index (χ2n) is 3.38. The van der Waals surface area contributed by atoms with Crippen LogP contribution in [-0.2, 0) is 0 Å². The summed E-state index contributed by atoms with van der Waals surface area (Å²) in [4.78, 5) is 0.823. The summed E-state index contributed by atoms with van der Waals surface area (Å²) in [7, 11) is 0. The lowest BCUT2D eigenvalue weighted by Gasteiger charge is -1.87. The molecule has 1 aromatic carbocycles. The van der Waals surface area contributed by atoms with E-state index in [1.165, 1.54) is 17.4 Å². The molecule has 16 heavy (non-hydrogen) atoms. The lowest BCUT2D eigenvalue weighted by molar-refractivity contribution is 0.436. The molecule has 0 fully saturated rings. The Hall–Kier alpha value is -1.88. The molecular weight excluding hydrogens is 227 g/mol. The topological polar surface area (TPSA) is 52.0 Å². The fourth-order valence-electron chi connectivity index (χ4n) is 1.55. The van der Waals surface area contributed by atoms with Gasteiger partial charge in [0.05, 0.1) is 4.88 Å². The van der Waals surface area contributed by atoms with Gasteiger partial charge in [0.1, 0.15) is 5.82 Å². The number of nitrogens with two attached hydrogens (primary N) is 1. The van der Waals surface area contributed by atoms with Crippen LogP contribution >= 0.6 is 11.3 Å². The lowest BCUT2D eigenvalue weighted by atomic mass is 10.2. The molecule has 0 aliphatic heterocycles. The second kappa shape index (κ2) is 3.31. The summed E-state index contributed by atoms with van der Waals surface area (Å²) in [6.45, 7) is 0. The summed E-state index contributed by atoms with van der Waals surface area (Å²) in [5.74, 6) is 0.665. The third kappa shape index (κ3) is 1.37. The molecule has 3 nitrogen and oxygen atoms in total. The number of fused-ring (bicyclic) bond motifs is 1. The molecule has 0 radical (unpaired) electrons. The predicted octanol–water partition coefficient (Wildman–Crippen LogP) is 3.28. The molecule has 2 N–H and O–H groups in total. The SMILES string of the molecule is Nc1cc(-c2cc3c(F)cccc3s2)on1. The monoisotopic (exact) mass is 234 g/mol. The summed E-state index contributed by atoms with van der Waals surface area (Å²) < 4.78 is 19.4. The van der Waals surface area contributed by atoms with Crippen molar-refractivity contribution in [3.05, 3.63) is 36.1 Å². The van der Waals surface area contributed by atoms with Crippen molar-refractivity contribution in [2.24, 2.45) is 0 Å². The van der Waals surface area contributed by atoms with Gasteiger partial charge < -0.3 is 10.3 Å². The first-order valence-corrected chi connectivity index (χ1v) is 5.46. The quantitative estimate of drug-likeness (QED) is 0.703. The Kier molecular flexibility index (Phi) is 1.94. The summed E-state index contributed by atoms with van der Waals surface area (Å²) in [5.41, 5.74) is 5.47. The van der Waals surface area contributed by atoms with E-state index in [1.807, 2.05) is 6.07 Å². The lowest BCUT2D eigenvalue weighted by Crippen LogP contribution is -1.79. The molecule has 0 saturated carbocycles. The number of thiophene rings is 1. The molecule has 2 aromatic heterocycles. The van der Waals surface area contributed by atoms with Crippen molar-refractivity contribution in [3.8, 4) is 10.6 Å². The van der Waals surface area contributed by atoms with Crippen LogP contribution in [-0.4, -0.2) is 5.16 Å². The van der Waals surface area contributed by atoms with E-state index in [9.17, 15) is 4.39 Å². The molecule has 0 unspecified atom stereocenters. The van der Waals surface area contributed by atoms with Crippen molar-refractivity contribution in [1.82, 2.24) is 5.16 Å². The first kappa shape index (κ1) is 9.35. The van der Waals surface area contributed by atoms with Crippen molar-refractivity contribution in [2.75, 3.05) is 5.73 Å². The first-order valence-electron chi connectivity index (χ1n) is 4.64. The molecule has 0 spiro atoms. The summed E-state index contributed by atoms with van der Waals surface area (Å²) in [6.07, 6.45) is 0. The Morgan fingerprint density at radius 1 is 1.31 bits per heavy atom. The molecule has 0 aliphatic carbocycles. The van der Waals surface area contributed by atoms with Crippen LogP contribution in [0.5, 0.6) is 0 Å². The molecule has 80 valence electrons. The van der Waals surface area contributed by atoms with Crippen LogP contribution in [0.3, 0.4) is 0 Å². The van der Waals surface area contributed by atoms with Crippen LogP contribution in [0.15, 0.2) is 34.9 Å². The van der Waals surface area contributed by atoms with E-state index in [4.69, 9.17) is 10.3 Å². The summed E-state index contributed by atoms with van der Waals surface area (Å²) in [5, 5.41) is 4.20. The van der Waals surface area contributed by atoms with Gasteiger partial charge in [0.2, 0.25) is 0 Å². The van der Waals surface area contributed by atoms with Crippen LogP contribution in [0.2, 0.25) is 0 Å². The Labute approximate surface area is 94.3 Å². The maximum absolute atomic E-state index is 13.5. The number of rotatable bonds is 1. The van der Waals surface area contributed by atoms with Crippen LogP contribution in [0, 0.1) is 5.82 Å². The van der Waals surface area contributed by atoms with Gasteiger partial charge in [0.25, 0.3) is 0 Å². The van der Waals surface area contributed by atoms with E-state index in [-0.39, 0.29) is 5.82 Å². The molecule has 2 heterocycles. The normalized spacial score (nSPS) is 11.1. The van der Waals surface area contributed by atoms with Crippen molar-refractivity contribution < 1.29 is 8.91 Å². The van der Waals surface area contributed by atoms with Gasteiger partial charge >= 0.3 is 0 Å². The predicted molar refractivity (Wildman–Crippen MR) is 61.7 cm³/mol. The highest BCUT2D eigenvalue weighted by atomic mass is 32.1. The Morgan fingerprint density at radius 2 is 2.19 bits per heavy atom. The molecule has 0 atom stereocenters. The highest BCUT2D eigenvalue weighted by Crippen LogP contribution is 2.35. The number of hydrogen-bond donors (Lipinski definition) is 1. The minimum Gasteiger partial charge on any atom is -0.381 e. The van der Waals surface area contributed by atoms with Gasteiger partial charge in [-0.25, -0.2) is 4.39 Å².